The molecule has 2 amide bonds. The zero-order valence-corrected chi connectivity index (χ0v) is 10.7. The monoisotopic (exact) mass is 280 g/mol. The number of hydrogen-bond acceptors (Lipinski definition) is 5. The highest BCUT2D eigenvalue weighted by Gasteiger charge is 2.39. The molecule has 100 valence electrons. The van der Waals surface area contributed by atoms with Gasteiger partial charge in [0.1, 0.15) is 0 Å². The number of carbonyl (C=O) groups excluding carboxylic acids is 2. The van der Waals surface area contributed by atoms with Crippen LogP contribution < -0.4 is 5.32 Å². The van der Waals surface area contributed by atoms with Crippen molar-refractivity contribution >= 4 is 34.6 Å². The third kappa shape index (κ3) is 3.25. The molecule has 0 saturated carbocycles. The van der Waals surface area contributed by atoms with E-state index in [1.54, 1.807) is 12.1 Å². The molecule has 1 aliphatic heterocycles. The van der Waals surface area contributed by atoms with Gasteiger partial charge in [-0.1, -0.05) is 18.2 Å². The van der Waals surface area contributed by atoms with Crippen molar-refractivity contribution in [3.8, 4) is 0 Å². The number of rotatable bonds is 5. The Morgan fingerprint density at radius 2 is 2.00 bits per heavy atom. The van der Waals surface area contributed by atoms with E-state index < -0.39 is 22.5 Å². The van der Waals surface area contributed by atoms with Crippen LogP contribution in [0, 0.1) is 0 Å². The summed E-state index contributed by atoms with van der Waals surface area (Å²) in [4.78, 5) is 35.0. The molecule has 1 saturated heterocycles. The van der Waals surface area contributed by atoms with Crippen molar-refractivity contribution in [1.82, 2.24) is 4.90 Å². The second-order valence-electron chi connectivity index (χ2n) is 3.91. The van der Waals surface area contributed by atoms with Crippen LogP contribution in [0.15, 0.2) is 30.3 Å². The number of nitrogens with one attached hydrogen (secondary N) is 1. The van der Waals surface area contributed by atoms with Crippen molar-refractivity contribution in [1.29, 1.82) is 0 Å². The molecule has 6 nitrogen and oxygen atoms in total. The van der Waals surface area contributed by atoms with Crippen molar-refractivity contribution in [2.24, 2.45) is 0 Å². The number of aliphatic carboxylic acids is 1. The molecule has 1 aromatic rings. The van der Waals surface area contributed by atoms with Crippen LogP contribution in [0.3, 0.4) is 0 Å². The Hall–Kier alpha value is -2.02. The number of carboxylic acid groups (broad SMARTS) is 1. The fourth-order valence-electron chi connectivity index (χ4n) is 1.63. The molecule has 1 heterocycles. The first kappa shape index (κ1) is 13.4. The van der Waals surface area contributed by atoms with Crippen molar-refractivity contribution in [3.05, 3.63) is 30.3 Å². The maximum atomic E-state index is 12.0. The number of para-hydroxylation sites is 1. The second kappa shape index (κ2) is 5.75. The average molecular weight is 280 g/mol. The van der Waals surface area contributed by atoms with Gasteiger partial charge >= 0.3 is 5.97 Å². The van der Waals surface area contributed by atoms with Gasteiger partial charge in [-0.25, -0.2) is 0 Å². The van der Waals surface area contributed by atoms with Gasteiger partial charge in [0.05, 0.1) is 6.42 Å². The van der Waals surface area contributed by atoms with Crippen molar-refractivity contribution in [2.45, 2.75) is 11.8 Å². The van der Waals surface area contributed by atoms with Crippen LogP contribution in [-0.4, -0.2) is 39.0 Å². The molecular formula is C12H12N2O4S. The Balaban J connectivity index is 1.99. The van der Waals surface area contributed by atoms with E-state index in [1.807, 2.05) is 18.2 Å². The van der Waals surface area contributed by atoms with Gasteiger partial charge in [0.2, 0.25) is 0 Å². The number of carboxylic acids is 1. The lowest BCUT2D eigenvalue weighted by molar-refractivity contribution is -0.137. The molecule has 2 N–H and O–H groups in total. The summed E-state index contributed by atoms with van der Waals surface area (Å²) in [7, 11) is 0. The number of imide groups is 1. The lowest BCUT2D eigenvalue weighted by Gasteiger charge is -2.13. The van der Waals surface area contributed by atoms with Gasteiger partial charge in [-0.05, 0) is 23.9 Å². The molecular weight excluding hydrogens is 268 g/mol. The maximum absolute atomic E-state index is 12.0. The van der Waals surface area contributed by atoms with Gasteiger partial charge in [0, 0.05) is 12.2 Å². The van der Waals surface area contributed by atoms with Gasteiger partial charge in [0.25, 0.3) is 11.1 Å². The summed E-state index contributed by atoms with van der Waals surface area (Å²) >= 11 is 0.862. The fourth-order valence-corrected chi connectivity index (χ4v) is 2.57. The van der Waals surface area contributed by atoms with Crippen LogP contribution in [0.25, 0.3) is 0 Å². The summed E-state index contributed by atoms with van der Waals surface area (Å²) in [6, 6.07) is 9.06. The van der Waals surface area contributed by atoms with Gasteiger partial charge < -0.3 is 10.4 Å². The summed E-state index contributed by atoms with van der Waals surface area (Å²) in [6.07, 6.45) is -0.240. The SMILES string of the molecule is O=C(O)CCN1C(=O)S[C@@H](Nc2ccccc2)C1=O. The van der Waals surface area contributed by atoms with E-state index in [-0.39, 0.29) is 13.0 Å². The Morgan fingerprint density at radius 1 is 1.32 bits per heavy atom. The summed E-state index contributed by atoms with van der Waals surface area (Å²) in [5, 5.41) is 10.4. The Morgan fingerprint density at radius 3 is 2.63 bits per heavy atom. The number of hydrogen-bond donors (Lipinski definition) is 2. The second-order valence-corrected chi connectivity index (χ2v) is 4.96. The number of nitrogens with zero attached hydrogens (tertiary/aromatic N) is 1. The smallest absolute Gasteiger partial charge is 0.305 e. The summed E-state index contributed by atoms with van der Waals surface area (Å²) in [5.74, 6) is -1.44. The molecule has 1 atom stereocenters. The largest absolute Gasteiger partial charge is 0.481 e. The van der Waals surface area contributed by atoms with Crippen LogP contribution in [0.2, 0.25) is 0 Å². The highest BCUT2D eigenvalue weighted by atomic mass is 32.2. The Kier molecular flexibility index (Phi) is 4.06. The molecule has 19 heavy (non-hydrogen) atoms. The van der Waals surface area contributed by atoms with E-state index >= 15 is 0 Å². The van der Waals surface area contributed by atoms with E-state index in [0.29, 0.717) is 0 Å². The molecule has 7 heteroatoms. The highest BCUT2D eigenvalue weighted by Crippen LogP contribution is 2.28. The molecule has 0 aliphatic carbocycles. The fraction of sp³-hybridized carbons (Fsp3) is 0.250. The molecule has 1 aliphatic rings. The van der Waals surface area contributed by atoms with Crippen LogP contribution in [0.5, 0.6) is 0 Å². The maximum Gasteiger partial charge on any atom is 0.305 e. The first-order valence-electron chi connectivity index (χ1n) is 5.63. The molecule has 0 bridgehead atoms. The Labute approximate surface area is 113 Å². The predicted octanol–water partition coefficient (Wildman–Crippen LogP) is 1.59. The number of amides is 2. The van der Waals surface area contributed by atoms with E-state index in [9.17, 15) is 14.4 Å². The number of thioether (sulfide) groups is 1. The van der Waals surface area contributed by atoms with Crippen molar-refractivity contribution in [3.63, 3.8) is 0 Å². The minimum atomic E-state index is -1.04. The van der Waals surface area contributed by atoms with Gasteiger partial charge in [-0.2, -0.15) is 0 Å². The predicted molar refractivity (Wildman–Crippen MR) is 70.8 cm³/mol. The normalized spacial score (nSPS) is 18.7. The molecule has 0 radical (unpaired) electrons. The summed E-state index contributed by atoms with van der Waals surface area (Å²) in [6.45, 7) is -0.0903. The van der Waals surface area contributed by atoms with Crippen LogP contribution in [0.4, 0.5) is 10.5 Å². The minimum absolute atomic E-state index is 0.0903. The topological polar surface area (TPSA) is 86.7 Å². The standard InChI is InChI=1S/C12H12N2O4S/c15-9(16)6-7-14-11(17)10(19-12(14)18)13-8-4-2-1-3-5-8/h1-5,10,13H,6-7H2,(H,15,16)/t10-/m1/s1. The molecule has 2 rings (SSSR count). The molecule has 0 aromatic heterocycles. The van der Waals surface area contributed by atoms with Crippen LogP contribution in [0.1, 0.15) is 6.42 Å². The number of carbonyl (C=O) groups is 3. The first-order chi connectivity index (χ1) is 9.08. The van der Waals surface area contributed by atoms with E-state index in [4.69, 9.17) is 5.11 Å². The number of benzene rings is 1. The molecule has 1 fully saturated rings. The van der Waals surface area contributed by atoms with Crippen molar-refractivity contribution < 1.29 is 19.5 Å². The molecule has 0 unspecified atom stereocenters. The van der Waals surface area contributed by atoms with E-state index in [2.05, 4.69) is 5.32 Å². The third-order valence-electron chi connectivity index (χ3n) is 2.55. The quantitative estimate of drug-likeness (QED) is 0.851. The lowest BCUT2D eigenvalue weighted by Crippen LogP contribution is -2.35. The summed E-state index contributed by atoms with van der Waals surface area (Å²) < 4.78 is 0. The van der Waals surface area contributed by atoms with Gasteiger partial charge in [0.15, 0.2) is 5.37 Å². The zero-order chi connectivity index (χ0) is 13.8. The summed E-state index contributed by atoms with van der Waals surface area (Å²) in [5.41, 5.74) is 0.737. The molecule has 0 spiro atoms. The minimum Gasteiger partial charge on any atom is -0.481 e. The molecule has 1 aromatic carbocycles. The zero-order valence-electron chi connectivity index (χ0n) is 9.91. The average Bonchev–Trinajstić information content (AvgIpc) is 2.63. The van der Waals surface area contributed by atoms with E-state index in [1.165, 1.54) is 0 Å². The van der Waals surface area contributed by atoms with E-state index in [0.717, 1.165) is 22.3 Å². The lowest BCUT2D eigenvalue weighted by atomic mass is 10.3. The van der Waals surface area contributed by atoms with Gasteiger partial charge in [-0.3, -0.25) is 19.3 Å². The van der Waals surface area contributed by atoms with Crippen LogP contribution >= 0.6 is 11.8 Å². The Bertz CT molecular complexity index is 506. The third-order valence-corrected chi connectivity index (χ3v) is 3.53. The highest BCUT2D eigenvalue weighted by molar-refractivity contribution is 8.15. The van der Waals surface area contributed by atoms with Crippen molar-refractivity contribution in [2.75, 3.05) is 11.9 Å². The number of anilines is 1. The van der Waals surface area contributed by atoms with Crippen LogP contribution in [-0.2, 0) is 9.59 Å². The van der Waals surface area contributed by atoms with Gasteiger partial charge in [-0.15, -0.1) is 0 Å². The first-order valence-corrected chi connectivity index (χ1v) is 6.51.